The van der Waals surface area contributed by atoms with Crippen LogP contribution in [-0.2, 0) is 12.8 Å². The summed E-state index contributed by atoms with van der Waals surface area (Å²) in [6.45, 7) is 4.41. The fourth-order valence-corrected chi connectivity index (χ4v) is 4.28. The molecule has 0 N–H and O–H groups in total. The lowest BCUT2D eigenvalue weighted by Gasteiger charge is -2.36. The third-order valence-corrected chi connectivity index (χ3v) is 5.92. The maximum absolute atomic E-state index is 14.6. The molecule has 0 amide bonds. The predicted octanol–water partition coefficient (Wildman–Crippen LogP) is 6.22. The van der Waals surface area contributed by atoms with E-state index in [9.17, 15) is 8.78 Å². The molecule has 1 aliphatic heterocycles. The predicted molar refractivity (Wildman–Crippen MR) is 93.4 cm³/mol. The first-order valence-electron chi connectivity index (χ1n) is 9.76. The van der Waals surface area contributed by atoms with Crippen molar-refractivity contribution < 1.29 is 13.5 Å². The van der Waals surface area contributed by atoms with Crippen molar-refractivity contribution in [3.8, 4) is 5.75 Å². The van der Waals surface area contributed by atoms with Crippen molar-refractivity contribution in [1.82, 2.24) is 0 Å². The minimum atomic E-state index is -0.757. The van der Waals surface area contributed by atoms with Crippen molar-refractivity contribution in [1.29, 1.82) is 0 Å². The molecule has 0 aromatic heterocycles. The van der Waals surface area contributed by atoms with Crippen molar-refractivity contribution in [2.24, 2.45) is 11.8 Å². The smallest absolute Gasteiger partial charge is 0.201 e. The molecule has 0 saturated heterocycles. The molecule has 0 spiro atoms. The molecule has 134 valence electrons. The van der Waals surface area contributed by atoms with Crippen LogP contribution in [0.2, 0.25) is 0 Å². The molecule has 1 heterocycles. The van der Waals surface area contributed by atoms with Crippen molar-refractivity contribution >= 4 is 0 Å². The molecule has 0 bridgehead atoms. The number of rotatable bonds is 5. The highest BCUT2D eigenvalue weighted by atomic mass is 19.2. The molecule has 1 unspecified atom stereocenters. The Hall–Kier alpha value is -1.12. The lowest BCUT2D eigenvalue weighted by atomic mass is 9.78. The van der Waals surface area contributed by atoms with E-state index in [-0.39, 0.29) is 11.9 Å². The molecular weight excluding hydrogens is 306 g/mol. The van der Waals surface area contributed by atoms with Gasteiger partial charge in [0, 0.05) is 0 Å². The van der Waals surface area contributed by atoms with Crippen LogP contribution >= 0.6 is 0 Å². The second kappa shape index (κ2) is 7.84. The topological polar surface area (TPSA) is 9.23 Å². The van der Waals surface area contributed by atoms with Crippen LogP contribution in [0.1, 0.15) is 76.3 Å². The van der Waals surface area contributed by atoms with Gasteiger partial charge in [-0.1, -0.05) is 39.5 Å². The molecule has 1 aliphatic carbocycles. The Bertz CT molecular complexity index is 561. The molecule has 3 heteroatoms. The van der Waals surface area contributed by atoms with Crippen LogP contribution in [0.3, 0.4) is 0 Å². The first-order chi connectivity index (χ1) is 11.6. The Morgan fingerprint density at radius 1 is 1.04 bits per heavy atom. The first-order valence-corrected chi connectivity index (χ1v) is 9.76. The summed E-state index contributed by atoms with van der Waals surface area (Å²) in [5.74, 6) is 0.0373. The number of fused-ring (bicyclic) bond motifs is 1. The number of hydrogen-bond acceptors (Lipinski definition) is 1. The van der Waals surface area contributed by atoms with E-state index < -0.39 is 11.6 Å². The van der Waals surface area contributed by atoms with Gasteiger partial charge in [0.15, 0.2) is 11.6 Å². The summed E-state index contributed by atoms with van der Waals surface area (Å²) >= 11 is 0. The Balaban J connectivity index is 1.73. The van der Waals surface area contributed by atoms with Crippen LogP contribution in [0.4, 0.5) is 8.78 Å². The second-order valence-corrected chi connectivity index (χ2v) is 7.82. The normalized spacial score (nSPS) is 26.8. The highest BCUT2D eigenvalue weighted by Crippen LogP contribution is 2.40. The molecule has 3 rings (SSSR count). The third kappa shape index (κ3) is 3.75. The number of aryl methyl sites for hydroxylation is 2. The zero-order valence-electron chi connectivity index (χ0n) is 15.0. The molecule has 2 aliphatic rings. The van der Waals surface area contributed by atoms with Gasteiger partial charge >= 0.3 is 0 Å². The van der Waals surface area contributed by atoms with E-state index in [1.165, 1.54) is 12.8 Å². The molecule has 1 aromatic carbocycles. The zero-order chi connectivity index (χ0) is 17.1. The third-order valence-electron chi connectivity index (χ3n) is 5.92. The molecule has 1 saturated carbocycles. The number of halogens is 2. The van der Waals surface area contributed by atoms with Crippen LogP contribution in [0.25, 0.3) is 0 Å². The van der Waals surface area contributed by atoms with Gasteiger partial charge in [-0.15, -0.1) is 0 Å². The molecule has 1 aromatic rings. The molecule has 1 atom stereocenters. The van der Waals surface area contributed by atoms with E-state index in [0.29, 0.717) is 17.9 Å². The summed E-state index contributed by atoms with van der Waals surface area (Å²) in [7, 11) is 0. The largest absolute Gasteiger partial charge is 0.487 e. The van der Waals surface area contributed by atoms with Crippen LogP contribution in [-0.4, -0.2) is 6.10 Å². The van der Waals surface area contributed by atoms with Crippen LogP contribution in [0, 0.1) is 23.5 Å². The Morgan fingerprint density at radius 2 is 1.79 bits per heavy atom. The fourth-order valence-electron chi connectivity index (χ4n) is 4.28. The van der Waals surface area contributed by atoms with Crippen LogP contribution in [0.15, 0.2) is 6.07 Å². The highest BCUT2D eigenvalue weighted by molar-refractivity contribution is 5.41. The number of benzene rings is 1. The SMILES string of the molecule is CCCCCc1cc2c(c(F)c1F)OC(C1CCC(C)CC1)CC2. The summed E-state index contributed by atoms with van der Waals surface area (Å²) in [6.07, 6.45) is 10.2. The van der Waals surface area contributed by atoms with E-state index in [1.54, 1.807) is 0 Å². The van der Waals surface area contributed by atoms with E-state index in [2.05, 4.69) is 13.8 Å². The van der Waals surface area contributed by atoms with Gasteiger partial charge in [0.1, 0.15) is 6.10 Å². The van der Waals surface area contributed by atoms with Gasteiger partial charge in [0.2, 0.25) is 5.82 Å². The molecule has 0 radical (unpaired) electrons. The average molecular weight is 336 g/mol. The van der Waals surface area contributed by atoms with Crippen molar-refractivity contribution in [2.45, 2.75) is 84.2 Å². The van der Waals surface area contributed by atoms with E-state index >= 15 is 0 Å². The molecule has 24 heavy (non-hydrogen) atoms. The average Bonchev–Trinajstić information content (AvgIpc) is 2.60. The number of unbranched alkanes of at least 4 members (excludes halogenated alkanes) is 2. The lowest BCUT2D eigenvalue weighted by molar-refractivity contribution is 0.0739. The minimum Gasteiger partial charge on any atom is -0.487 e. The summed E-state index contributed by atoms with van der Waals surface area (Å²) in [6, 6.07) is 1.85. The fraction of sp³-hybridized carbons (Fsp3) is 0.714. The maximum Gasteiger partial charge on any atom is 0.201 e. The standard InChI is InChI=1S/C21H30F2O/c1-3-4-5-6-16-13-17-11-12-18(15-9-7-14(2)8-10-15)24-21(17)20(23)19(16)22/h13-15,18H,3-12H2,1-2H3. The first kappa shape index (κ1) is 17.7. The van der Waals surface area contributed by atoms with Crippen molar-refractivity contribution in [3.63, 3.8) is 0 Å². The molecule has 1 fully saturated rings. The van der Waals surface area contributed by atoms with Gasteiger partial charge in [0.25, 0.3) is 0 Å². The summed E-state index contributed by atoms with van der Waals surface area (Å²) in [5.41, 5.74) is 1.38. The van der Waals surface area contributed by atoms with Crippen molar-refractivity contribution in [2.75, 3.05) is 0 Å². The molecular formula is C21H30F2O. The Labute approximate surface area is 144 Å². The van der Waals surface area contributed by atoms with E-state index in [0.717, 1.165) is 56.4 Å². The van der Waals surface area contributed by atoms with Gasteiger partial charge in [-0.25, -0.2) is 4.39 Å². The summed E-state index contributed by atoms with van der Waals surface area (Å²) in [5, 5.41) is 0. The number of ether oxygens (including phenoxy) is 1. The number of hydrogen-bond donors (Lipinski definition) is 0. The van der Waals surface area contributed by atoms with Crippen molar-refractivity contribution in [3.05, 3.63) is 28.8 Å². The summed E-state index contributed by atoms with van der Waals surface area (Å²) in [4.78, 5) is 0. The molecule has 1 nitrogen and oxygen atoms in total. The monoisotopic (exact) mass is 336 g/mol. The van der Waals surface area contributed by atoms with Gasteiger partial charge < -0.3 is 4.74 Å². The minimum absolute atomic E-state index is 0.0600. The zero-order valence-corrected chi connectivity index (χ0v) is 15.0. The second-order valence-electron chi connectivity index (χ2n) is 7.82. The quantitative estimate of drug-likeness (QED) is 0.580. The lowest BCUT2D eigenvalue weighted by Crippen LogP contribution is -2.34. The van der Waals surface area contributed by atoms with Gasteiger partial charge in [0.05, 0.1) is 0 Å². The van der Waals surface area contributed by atoms with E-state index in [1.807, 2.05) is 6.07 Å². The van der Waals surface area contributed by atoms with Crippen LogP contribution in [0.5, 0.6) is 5.75 Å². The highest BCUT2D eigenvalue weighted by Gasteiger charge is 2.33. The van der Waals surface area contributed by atoms with E-state index in [4.69, 9.17) is 4.74 Å². The Morgan fingerprint density at radius 3 is 2.50 bits per heavy atom. The Kier molecular flexibility index (Phi) is 5.78. The van der Waals surface area contributed by atoms with Gasteiger partial charge in [-0.2, -0.15) is 4.39 Å². The van der Waals surface area contributed by atoms with Crippen LogP contribution < -0.4 is 4.74 Å². The van der Waals surface area contributed by atoms with Gasteiger partial charge in [-0.05, 0) is 67.6 Å². The maximum atomic E-state index is 14.6. The summed E-state index contributed by atoms with van der Waals surface area (Å²) < 4.78 is 34.9. The van der Waals surface area contributed by atoms with Gasteiger partial charge in [-0.3, -0.25) is 0 Å².